The Kier molecular flexibility index (Phi) is 7.19. The van der Waals surface area contributed by atoms with Gasteiger partial charge >= 0.3 is 6.09 Å². The summed E-state index contributed by atoms with van der Waals surface area (Å²) < 4.78 is 20.0. The van der Waals surface area contributed by atoms with Crippen molar-refractivity contribution in [1.29, 1.82) is 0 Å². The minimum atomic E-state index is -0.472. The summed E-state index contributed by atoms with van der Waals surface area (Å²) in [4.78, 5) is 45.1. The van der Waals surface area contributed by atoms with E-state index in [1.54, 1.807) is 6.92 Å². The van der Waals surface area contributed by atoms with Crippen LogP contribution in [0.15, 0.2) is 41.2 Å². The van der Waals surface area contributed by atoms with Crippen molar-refractivity contribution in [3.63, 3.8) is 0 Å². The fourth-order valence-corrected chi connectivity index (χ4v) is 4.56. The van der Waals surface area contributed by atoms with Crippen molar-refractivity contribution in [3.05, 3.63) is 80.5 Å². The summed E-state index contributed by atoms with van der Waals surface area (Å²) in [5.74, 6) is -0.569. The number of aromatic nitrogens is 2. The van der Waals surface area contributed by atoms with Crippen LogP contribution in [0, 0.1) is 26.6 Å². The van der Waals surface area contributed by atoms with Crippen LogP contribution in [-0.4, -0.2) is 39.6 Å². The maximum absolute atomic E-state index is 13.6. The molecule has 1 aliphatic heterocycles. The molecule has 0 aliphatic carbocycles. The maximum Gasteiger partial charge on any atom is 0.410 e. The molecule has 0 spiro atoms. The van der Waals surface area contributed by atoms with Gasteiger partial charge in [0.2, 0.25) is 5.91 Å². The molecule has 2 heterocycles. The predicted molar refractivity (Wildman–Crippen MR) is 134 cm³/mol. The van der Waals surface area contributed by atoms with Gasteiger partial charge in [0.05, 0.1) is 18.8 Å². The van der Waals surface area contributed by atoms with Crippen LogP contribution in [0.5, 0.6) is 0 Å². The van der Waals surface area contributed by atoms with Gasteiger partial charge in [-0.3, -0.25) is 14.2 Å². The Morgan fingerprint density at radius 2 is 1.78 bits per heavy atom. The lowest BCUT2D eigenvalue weighted by Gasteiger charge is -2.28. The molecule has 0 radical (unpaired) electrons. The van der Waals surface area contributed by atoms with Crippen molar-refractivity contribution >= 4 is 17.7 Å². The second-order valence-corrected chi connectivity index (χ2v) is 8.95. The van der Waals surface area contributed by atoms with Gasteiger partial charge in [-0.1, -0.05) is 17.7 Å². The summed E-state index contributed by atoms with van der Waals surface area (Å²) in [6.07, 6.45) is -0.178. The van der Waals surface area contributed by atoms with Gasteiger partial charge in [0, 0.05) is 23.4 Å². The van der Waals surface area contributed by atoms with Crippen molar-refractivity contribution in [2.75, 3.05) is 18.5 Å². The molecule has 188 valence electrons. The molecule has 0 unspecified atom stereocenters. The van der Waals surface area contributed by atoms with Crippen LogP contribution < -0.4 is 10.9 Å². The molecule has 1 aromatic heterocycles. The van der Waals surface area contributed by atoms with Gasteiger partial charge in [-0.25, -0.2) is 14.2 Å². The molecule has 4 rings (SSSR count). The van der Waals surface area contributed by atoms with Crippen LogP contribution in [0.3, 0.4) is 0 Å². The number of carbonyl (C=O) groups is 2. The third-order valence-electron chi connectivity index (χ3n) is 6.19. The highest BCUT2D eigenvalue weighted by molar-refractivity contribution is 5.92. The highest BCUT2D eigenvalue weighted by Crippen LogP contribution is 2.24. The standard InChI is InChI=1S/C27H29FN4O4/c1-5-36-27(35)31-11-10-21-22(14-31)29-25(19-6-8-20(28)9-7-19)32(26(21)34)15-23(33)30-24-17(3)12-16(2)13-18(24)4/h6-9,12-13H,5,10-11,14-15H2,1-4H3,(H,30,33). The minimum absolute atomic E-state index is 0.117. The number of carbonyl (C=O) groups excluding carboxylic acids is 2. The summed E-state index contributed by atoms with van der Waals surface area (Å²) in [6, 6.07) is 9.53. The number of nitrogens with one attached hydrogen (secondary N) is 1. The number of hydrogen-bond donors (Lipinski definition) is 1. The number of amides is 2. The van der Waals surface area contributed by atoms with E-state index >= 15 is 0 Å². The minimum Gasteiger partial charge on any atom is -0.450 e. The first-order valence-electron chi connectivity index (χ1n) is 11.9. The third kappa shape index (κ3) is 5.15. The molecule has 36 heavy (non-hydrogen) atoms. The molecule has 0 bridgehead atoms. The normalized spacial score (nSPS) is 12.8. The molecule has 1 aliphatic rings. The number of aryl methyl sites for hydroxylation is 3. The average Bonchev–Trinajstić information content (AvgIpc) is 2.83. The number of fused-ring (bicyclic) bond motifs is 1. The summed E-state index contributed by atoms with van der Waals surface area (Å²) in [6.45, 7) is 7.96. The van der Waals surface area contributed by atoms with Crippen molar-refractivity contribution < 1.29 is 18.7 Å². The Morgan fingerprint density at radius 1 is 1.11 bits per heavy atom. The van der Waals surface area contributed by atoms with Crippen molar-refractivity contribution in [3.8, 4) is 11.4 Å². The molecule has 0 saturated carbocycles. The van der Waals surface area contributed by atoms with E-state index in [4.69, 9.17) is 4.74 Å². The number of hydrogen-bond acceptors (Lipinski definition) is 5. The second-order valence-electron chi connectivity index (χ2n) is 8.95. The van der Waals surface area contributed by atoms with Gasteiger partial charge in [0.15, 0.2) is 0 Å². The summed E-state index contributed by atoms with van der Waals surface area (Å²) in [7, 11) is 0. The lowest BCUT2D eigenvalue weighted by molar-refractivity contribution is -0.116. The summed E-state index contributed by atoms with van der Waals surface area (Å²) in [5, 5.41) is 2.93. The molecule has 9 heteroatoms. The molecule has 0 atom stereocenters. The molecule has 0 saturated heterocycles. The molecule has 3 aromatic rings. The number of anilines is 1. The Bertz CT molecular complexity index is 1360. The molecular formula is C27H29FN4O4. The van der Waals surface area contributed by atoms with Gasteiger partial charge in [0.1, 0.15) is 18.2 Å². The van der Waals surface area contributed by atoms with Gasteiger partial charge in [-0.05, 0) is 69.5 Å². The van der Waals surface area contributed by atoms with Crippen LogP contribution in [0.4, 0.5) is 14.9 Å². The van der Waals surface area contributed by atoms with E-state index in [0.717, 1.165) is 16.7 Å². The number of halogens is 1. The highest BCUT2D eigenvalue weighted by Gasteiger charge is 2.28. The SMILES string of the molecule is CCOC(=O)N1CCc2c(nc(-c3ccc(F)cc3)n(CC(=O)Nc3c(C)cc(C)cc3C)c2=O)C1. The largest absolute Gasteiger partial charge is 0.450 e. The number of rotatable bonds is 5. The zero-order chi connectivity index (χ0) is 26.0. The van der Waals surface area contributed by atoms with E-state index in [1.165, 1.54) is 33.7 Å². The summed E-state index contributed by atoms with van der Waals surface area (Å²) in [5.41, 5.74) is 4.68. The van der Waals surface area contributed by atoms with Crippen LogP contribution in [-0.2, 0) is 29.0 Å². The van der Waals surface area contributed by atoms with Gasteiger partial charge in [-0.15, -0.1) is 0 Å². The number of benzene rings is 2. The molecule has 2 aromatic carbocycles. The lowest BCUT2D eigenvalue weighted by atomic mass is 10.0. The lowest BCUT2D eigenvalue weighted by Crippen LogP contribution is -2.42. The Balaban J connectivity index is 1.73. The zero-order valence-corrected chi connectivity index (χ0v) is 20.9. The quantitative estimate of drug-likeness (QED) is 0.578. The van der Waals surface area contributed by atoms with Gasteiger partial charge in [-0.2, -0.15) is 0 Å². The first kappa shape index (κ1) is 25.1. The third-order valence-corrected chi connectivity index (χ3v) is 6.19. The first-order valence-corrected chi connectivity index (χ1v) is 11.9. The molecule has 2 amide bonds. The first-order chi connectivity index (χ1) is 17.2. The van der Waals surface area contributed by atoms with Crippen LogP contribution >= 0.6 is 0 Å². The fourth-order valence-electron chi connectivity index (χ4n) is 4.56. The van der Waals surface area contributed by atoms with E-state index in [2.05, 4.69) is 10.3 Å². The van der Waals surface area contributed by atoms with Crippen LogP contribution in [0.1, 0.15) is 34.9 Å². The average molecular weight is 493 g/mol. The predicted octanol–water partition coefficient (Wildman–Crippen LogP) is 4.13. The second kappa shape index (κ2) is 10.3. The molecule has 8 nitrogen and oxygen atoms in total. The van der Waals surface area contributed by atoms with E-state index in [1.807, 2.05) is 32.9 Å². The monoisotopic (exact) mass is 492 g/mol. The molecule has 1 N–H and O–H groups in total. The van der Waals surface area contributed by atoms with E-state index in [0.29, 0.717) is 35.5 Å². The van der Waals surface area contributed by atoms with Crippen molar-refractivity contribution in [2.45, 2.75) is 47.2 Å². The Morgan fingerprint density at radius 3 is 2.42 bits per heavy atom. The highest BCUT2D eigenvalue weighted by atomic mass is 19.1. The van der Waals surface area contributed by atoms with Gasteiger partial charge < -0.3 is 15.0 Å². The van der Waals surface area contributed by atoms with Crippen LogP contribution in [0.2, 0.25) is 0 Å². The van der Waals surface area contributed by atoms with Crippen molar-refractivity contribution in [1.82, 2.24) is 14.5 Å². The smallest absolute Gasteiger partial charge is 0.410 e. The topological polar surface area (TPSA) is 93.5 Å². The van der Waals surface area contributed by atoms with Crippen molar-refractivity contribution in [2.24, 2.45) is 0 Å². The Labute approximate surface area is 208 Å². The zero-order valence-electron chi connectivity index (χ0n) is 20.9. The summed E-state index contributed by atoms with van der Waals surface area (Å²) >= 11 is 0. The number of ether oxygens (including phenoxy) is 1. The fraction of sp³-hybridized carbons (Fsp3) is 0.333. The Hall–Kier alpha value is -4.01. The van der Waals surface area contributed by atoms with Gasteiger partial charge in [0.25, 0.3) is 5.56 Å². The maximum atomic E-state index is 13.6. The number of nitrogens with zero attached hydrogens (tertiary/aromatic N) is 3. The van der Waals surface area contributed by atoms with E-state index < -0.39 is 11.9 Å². The van der Waals surface area contributed by atoms with E-state index in [-0.39, 0.29) is 37.0 Å². The molecule has 0 fully saturated rings. The molecular weight excluding hydrogens is 463 g/mol. The van der Waals surface area contributed by atoms with E-state index in [9.17, 15) is 18.8 Å². The van der Waals surface area contributed by atoms with Crippen LogP contribution in [0.25, 0.3) is 11.4 Å².